The SMILES string of the molecule is CC(C)(C(=S)NCC(N)C1C2CC3CC1CC(C(=O)Cc1ccncc1)(C3)C2)c1ccc(F)cc1. The van der Waals surface area contributed by atoms with Crippen LogP contribution in [0.15, 0.2) is 48.8 Å². The van der Waals surface area contributed by atoms with E-state index in [9.17, 15) is 9.18 Å². The van der Waals surface area contributed by atoms with E-state index in [2.05, 4.69) is 24.1 Å². The molecule has 6 rings (SSSR count). The molecule has 0 aliphatic heterocycles. The Morgan fingerprint density at radius 3 is 2.40 bits per heavy atom. The number of halogens is 1. The molecular formula is C29H36FN3OS. The fourth-order valence-electron chi connectivity index (χ4n) is 7.54. The number of hydrogen-bond donors (Lipinski definition) is 2. The van der Waals surface area contributed by atoms with Crippen molar-refractivity contribution in [3.63, 3.8) is 0 Å². The van der Waals surface area contributed by atoms with Crippen molar-refractivity contribution in [1.82, 2.24) is 10.3 Å². The van der Waals surface area contributed by atoms with Gasteiger partial charge in [0.2, 0.25) is 0 Å². The van der Waals surface area contributed by atoms with Crippen LogP contribution in [-0.4, -0.2) is 28.3 Å². The van der Waals surface area contributed by atoms with Crippen LogP contribution in [0.3, 0.4) is 0 Å². The molecule has 1 aromatic carbocycles. The van der Waals surface area contributed by atoms with Crippen LogP contribution >= 0.6 is 12.2 Å². The van der Waals surface area contributed by atoms with Crippen molar-refractivity contribution in [2.75, 3.05) is 6.54 Å². The third-order valence-electron chi connectivity index (χ3n) is 9.18. The van der Waals surface area contributed by atoms with Crippen LogP contribution in [-0.2, 0) is 16.6 Å². The molecule has 4 saturated carbocycles. The number of nitrogens with one attached hydrogen (secondary N) is 1. The number of carbonyl (C=O) groups is 1. The van der Waals surface area contributed by atoms with E-state index in [1.54, 1.807) is 24.5 Å². The van der Waals surface area contributed by atoms with Gasteiger partial charge in [0.05, 0.1) is 4.99 Å². The van der Waals surface area contributed by atoms with E-state index >= 15 is 0 Å². The van der Waals surface area contributed by atoms with Crippen LogP contribution in [0.1, 0.15) is 57.1 Å². The standard InChI is InChI=1S/C29H36FN3OS/c1-28(2,22-3-5-23(30)6-4-22)27(35)33-17-24(31)26-20-11-19-12-21(26)16-29(14-19,15-20)25(34)13-18-7-9-32-10-8-18/h3-10,19-21,24,26H,11-17,31H2,1-2H3,(H,33,35). The number of pyridine rings is 1. The van der Waals surface area contributed by atoms with Gasteiger partial charge in [-0.15, -0.1) is 0 Å². The summed E-state index contributed by atoms with van der Waals surface area (Å²) >= 11 is 5.76. The molecule has 4 aliphatic rings. The molecule has 1 aromatic heterocycles. The highest BCUT2D eigenvalue weighted by molar-refractivity contribution is 7.80. The van der Waals surface area contributed by atoms with E-state index in [1.807, 2.05) is 12.1 Å². The van der Waals surface area contributed by atoms with Gasteiger partial charge in [0.1, 0.15) is 11.6 Å². The van der Waals surface area contributed by atoms with Crippen molar-refractivity contribution < 1.29 is 9.18 Å². The zero-order valence-corrected chi connectivity index (χ0v) is 21.5. The summed E-state index contributed by atoms with van der Waals surface area (Å²) in [6.07, 6.45) is 9.47. The Hall–Kier alpha value is -2.18. The molecule has 4 fully saturated rings. The molecule has 186 valence electrons. The van der Waals surface area contributed by atoms with Crippen LogP contribution in [0.25, 0.3) is 0 Å². The van der Waals surface area contributed by atoms with E-state index in [4.69, 9.17) is 18.0 Å². The molecule has 0 saturated heterocycles. The van der Waals surface area contributed by atoms with Gasteiger partial charge >= 0.3 is 0 Å². The molecule has 0 spiro atoms. The zero-order chi connectivity index (χ0) is 24.8. The first kappa shape index (κ1) is 24.5. The normalized spacial score (nSPS) is 30.2. The van der Waals surface area contributed by atoms with Crippen LogP contribution < -0.4 is 11.1 Å². The summed E-state index contributed by atoms with van der Waals surface area (Å²) in [4.78, 5) is 18.3. The molecule has 2 aromatic rings. The average Bonchev–Trinajstić information content (AvgIpc) is 2.82. The minimum Gasteiger partial charge on any atom is -0.377 e. The predicted molar refractivity (Wildman–Crippen MR) is 140 cm³/mol. The van der Waals surface area contributed by atoms with Crippen molar-refractivity contribution >= 4 is 23.0 Å². The highest BCUT2D eigenvalue weighted by Crippen LogP contribution is 2.63. The van der Waals surface area contributed by atoms with Gasteiger partial charge in [-0.1, -0.05) is 24.4 Å². The zero-order valence-electron chi connectivity index (χ0n) is 20.7. The summed E-state index contributed by atoms with van der Waals surface area (Å²) in [6.45, 7) is 4.74. The first-order valence-corrected chi connectivity index (χ1v) is 13.3. The molecule has 3 N–H and O–H groups in total. The highest BCUT2D eigenvalue weighted by atomic mass is 32.1. The number of rotatable bonds is 8. The van der Waals surface area contributed by atoms with E-state index in [1.165, 1.54) is 25.0 Å². The summed E-state index contributed by atoms with van der Waals surface area (Å²) in [6, 6.07) is 10.5. The van der Waals surface area contributed by atoms with Crippen LogP contribution in [0.5, 0.6) is 0 Å². The number of carbonyl (C=O) groups excluding carboxylic acids is 1. The lowest BCUT2D eigenvalue weighted by atomic mass is 9.44. The van der Waals surface area contributed by atoms with E-state index in [0.717, 1.165) is 35.4 Å². The molecular weight excluding hydrogens is 457 g/mol. The second-order valence-electron chi connectivity index (χ2n) is 11.8. The summed E-state index contributed by atoms with van der Waals surface area (Å²) < 4.78 is 13.4. The Bertz CT molecular complexity index is 1070. The minimum atomic E-state index is -0.406. The van der Waals surface area contributed by atoms with Gasteiger partial charge in [-0.3, -0.25) is 9.78 Å². The molecule has 35 heavy (non-hydrogen) atoms. The highest BCUT2D eigenvalue weighted by Gasteiger charge is 2.58. The number of thiocarbonyl (C=S) groups is 1. The third-order valence-corrected chi connectivity index (χ3v) is 9.83. The second kappa shape index (κ2) is 9.36. The molecule has 4 bridgehead atoms. The van der Waals surface area contributed by atoms with Crippen molar-refractivity contribution in [2.24, 2.45) is 34.8 Å². The van der Waals surface area contributed by atoms with E-state index in [0.29, 0.717) is 42.4 Å². The van der Waals surface area contributed by atoms with Crippen LogP contribution in [0.2, 0.25) is 0 Å². The number of benzene rings is 1. The Morgan fingerprint density at radius 2 is 1.77 bits per heavy atom. The Balaban J connectivity index is 1.23. The van der Waals surface area contributed by atoms with Gasteiger partial charge in [0.25, 0.3) is 0 Å². The number of nitrogens with two attached hydrogens (primary N) is 1. The van der Waals surface area contributed by atoms with Crippen LogP contribution in [0, 0.1) is 34.9 Å². The minimum absolute atomic E-state index is 0.000632. The first-order valence-electron chi connectivity index (χ1n) is 12.9. The number of ketones is 1. The average molecular weight is 494 g/mol. The molecule has 4 aliphatic carbocycles. The fourth-order valence-corrected chi connectivity index (χ4v) is 7.74. The summed E-state index contributed by atoms with van der Waals surface area (Å²) in [5, 5.41) is 3.45. The smallest absolute Gasteiger partial charge is 0.143 e. The predicted octanol–water partition coefficient (Wildman–Crippen LogP) is 5.00. The molecule has 0 radical (unpaired) electrons. The monoisotopic (exact) mass is 493 g/mol. The third kappa shape index (κ3) is 4.67. The second-order valence-corrected chi connectivity index (χ2v) is 12.2. The number of nitrogens with zero attached hydrogens (tertiary/aromatic N) is 1. The fraction of sp³-hybridized carbons (Fsp3) is 0.552. The summed E-state index contributed by atoms with van der Waals surface area (Å²) in [7, 11) is 0. The van der Waals surface area contributed by atoms with Gasteiger partial charge in [0.15, 0.2) is 0 Å². The molecule has 4 nitrogen and oxygen atoms in total. The Kier molecular flexibility index (Phi) is 6.56. The van der Waals surface area contributed by atoms with Gasteiger partial charge in [-0.25, -0.2) is 4.39 Å². The van der Waals surface area contributed by atoms with Gasteiger partial charge in [-0.05, 0) is 105 Å². The van der Waals surface area contributed by atoms with Crippen molar-refractivity contribution in [3.05, 3.63) is 65.7 Å². The first-order chi connectivity index (χ1) is 16.7. The largest absolute Gasteiger partial charge is 0.377 e. The molecule has 3 unspecified atom stereocenters. The lowest BCUT2D eigenvalue weighted by molar-refractivity contribution is -0.151. The van der Waals surface area contributed by atoms with Crippen LogP contribution in [0.4, 0.5) is 4.39 Å². The molecule has 0 amide bonds. The molecule has 3 atom stereocenters. The Labute approximate surface area is 213 Å². The molecule has 6 heteroatoms. The molecule has 1 heterocycles. The van der Waals surface area contributed by atoms with Gasteiger partial charge < -0.3 is 11.1 Å². The maximum atomic E-state index is 13.5. The topological polar surface area (TPSA) is 68.0 Å². The summed E-state index contributed by atoms with van der Waals surface area (Å²) in [5.74, 6) is 2.28. The van der Waals surface area contributed by atoms with Crippen molar-refractivity contribution in [1.29, 1.82) is 0 Å². The number of hydrogen-bond acceptors (Lipinski definition) is 4. The van der Waals surface area contributed by atoms with Crippen molar-refractivity contribution in [2.45, 2.75) is 63.8 Å². The number of aromatic nitrogens is 1. The quantitative estimate of drug-likeness (QED) is 0.507. The Morgan fingerprint density at radius 1 is 1.14 bits per heavy atom. The van der Waals surface area contributed by atoms with E-state index in [-0.39, 0.29) is 17.3 Å². The van der Waals surface area contributed by atoms with Gasteiger partial charge in [-0.2, -0.15) is 0 Å². The number of Topliss-reactive ketones (excluding diaryl/α,β-unsaturated/α-hetero) is 1. The lowest BCUT2D eigenvalue weighted by Gasteiger charge is -2.60. The maximum absolute atomic E-state index is 13.5. The van der Waals surface area contributed by atoms with Gasteiger partial charge in [0, 0.05) is 42.2 Å². The summed E-state index contributed by atoms with van der Waals surface area (Å²) in [5.41, 5.74) is 8.30. The lowest BCUT2D eigenvalue weighted by Crippen LogP contribution is -2.60. The van der Waals surface area contributed by atoms with E-state index < -0.39 is 5.41 Å². The van der Waals surface area contributed by atoms with Crippen molar-refractivity contribution in [3.8, 4) is 0 Å². The maximum Gasteiger partial charge on any atom is 0.143 e.